The number of carbonyl (C=O) groups excluding carboxylic acids is 2. The Kier molecular flexibility index (Phi) is 6.72. The molecule has 0 saturated heterocycles. The number of fused-ring (bicyclic) bond motifs is 3. The van der Waals surface area contributed by atoms with E-state index >= 15 is 0 Å². The summed E-state index contributed by atoms with van der Waals surface area (Å²) < 4.78 is 21.3. The standard InChI is InChI=1S/C24H27NO7/c1-6-7-19(25-23(28)32-24(2,3)4)22(27)30-15-9-11-17-16-10-8-14(29-5)12-18(16)21(26)31-20(17)13-15/h8-13,19H,6-7H2,1-5H3,(H,25,28)/t19-/m0/s1. The maximum atomic E-state index is 12.7. The monoisotopic (exact) mass is 441 g/mol. The molecular weight excluding hydrogens is 414 g/mol. The number of esters is 1. The number of methoxy groups -OCH3 is 1. The maximum Gasteiger partial charge on any atom is 0.408 e. The first-order chi connectivity index (χ1) is 15.1. The predicted octanol–water partition coefficient (Wildman–Crippen LogP) is 4.55. The number of benzene rings is 2. The van der Waals surface area contributed by atoms with Crippen molar-refractivity contribution in [3.63, 3.8) is 0 Å². The Hall–Kier alpha value is -3.55. The van der Waals surface area contributed by atoms with Crippen LogP contribution in [0, 0.1) is 0 Å². The van der Waals surface area contributed by atoms with Gasteiger partial charge in [0.15, 0.2) is 0 Å². The number of carbonyl (C=O) groups is 2. The average molecular weight is 441 g/mol. The number of ether oxygens (including phenoxy) is 3. The van der Waals surface area contributed by atoms with Crippen LogP contribution < -0.4 is 20.4 Å². The quantitative estimate of drug-likeness (QED) is 0.259. The third-order valence-corrected chi connectivity index (χ3v) is 4.66. The van der Waals surface area contributed by atoms with Crippen LogP contribution in [0.4, 0.5) is 4.79 Å². The zero-order chi connectivity index (χ0) is 23.5. The molecule has 1 atom stereocenters. The van der Waals surface area contributed by atoms with Gasteiger partial charge in [0, 0.05) is 16.8 Å². The van der Waals surface area contributed by atoms with Crippen molar-refractivity contribution in [2.45, 2.75) is 52.2 Å². The largest absolute Gasteiger partial charge is 0.497 e. The molecule has 1 heterocycles. The summed E-state index contributed by atoms with van der Waals surface area (Å²) in [5.74, 6) is 0.115. The molecule has 2 aromatic carbocycles. The van der Waals surface area contributed by atoms with Gasteiger partial charge in [-0.1, -0.05) is 13.3 Å². The van der Waals surface area contributed by atoms with Crippen LogP contribution in [-0.2, 0) is 9.53 Å². The molecular formula is C24H27NO7. The Morgan fingerprint density at radius 2 is 1.72 bits per heavy atom. The molecule has 0 spiro atoms. The Labute approximate surface area is 185 Å². The average Bonchev–Trinajstić information content (AvgIpc) is 2.71. The summed E-state index contributed by atoms with van der Waals surface area (Å²) in [5.41, 5.74) is -0.927. The van der Waals surface area contributed by atoms with Crippen molar-refractivity contribution < 1.29 is 28.2 Å². The lowest BCUT2D eigenvalue weighted by Crippen LogP contribution is -2.45. The smallest absolute Gasteiger partial charge is 0.408 e. The lowest BCUT2D eigenvalue weighted by molar-refractivity contribution is -0.137. The van der Waals surface area contributed by atoms with Crippen molar-refractivity contribution in [3.05, 3.63) is 46.8 Å². The molecule has 0 fully saturated rings. The van der Waals surface area contributed by atoms with Crippen molar-refractivity contribution in [1.29, 1.82) is 0 Å². The summed E-state index contributed by atoms with van der Waals surface area (Å²) in [4.78, 5) is 37.2. The van der Waals surface area contributed by atoms with Crippen LogP contribution in [0.1, 0.15) is 40.5 Å². The Balaban J connectivity index is 1.85. The molecule has 170 valence electrons. The lowest BCUT2D eigenvalue weighted by Gasteiger charge is -2.22. The topological polar surface area (TPSA) is 104 Å². The van der Waals surface area contributed by atoms with Gasteiger partial charge in [-0.25, -0.2) is 14.4 Å². The van der Waals surface area contributed by atoms with Crippen molar-refractivity contribution in [3.8, 4) is 11.5 Å². The van der Waals surface area contributed by atoms with Crippen LogP contribution in [0.25, 0.3) is 21.7 Å². The Morgan fingerprint density at radius 1 is 1.03 bits per heavy atom. The van der Waals surface area contributed by atoms with Gasteiger partial charge in [0.1, 0.15) is 28.7 Å². The molecule has 3 rings (SSSR count). The molecule has 32 heavy (non-hydrogen) atoms. The van der Waals surface area contributed by atoms with Gasteiger partial charge in [-0.3, -0.25) is 0 Å². The summed E-state index contributed by atoms with van der Waals surface area (Å²) in [6, 6.07) is 9.09. The minimum atomic E-state index is -0.873. The second-order valence-electron chi connectivity index (χ2n) is 8.37. The highest BCUT2D eigenvalue weighted by Gasteiger charge is 2.25. The minimum absolute atomic E-state index is 0.200. The number of nitrogens with one attached hydrogen (secondary N) is 1. The summed E-state index contributed by atoms with van der Waals surface area (Å²) in [5, 5.41) is 4.34. The van der Waals surface area contributed by atoms with E-state index in [-0.39, 0.29) is 11.3 Å². The fraction of sp³-hybridized carbons (Fsp3) is 0.375. The summed E-state index contributed by atoms with van der Waals surface area (Å²) in [6.07, 6.45) is 0.337. The van der Waals surface area contributed by atoms with Crippen LogP contribution >= 0.6 is 0 Å². The Morgan fingerprint density at radius 3 is 2.38 bits per heavy atom. The first-order valence-electron chi connectivity index (χ1n) is 10.4. The molecule has 0 aliphatic rings. The van der Waals surface area contributed by atoms with E-state index in [1.165, 1.54) is 13.2 Å². The van der Waals surface area contributed by atoms with E-state index in [0.29, 0.717) is 34.7 Å². The van der Waals surface area contributed by atoms with E-state index in [1.54, 1.807) is 51.1 Å². The van der Waals surface area contributed by atoms with Gasteiger partial charge in [0.05, 0.1) is 12.5 Å². The van der Waals surface area contributed by atoms with Crippen molar-refractivity contribution in [2.75, 3.05) is 7.11 Å². The maximum absolute atomic E-state index is 12.7. The molecule has 8 nitrogen and oxygen atoms in total. The molecule has 0 aliphatic heterocycles. The Bertz CT molecular complexity index is 1210. The zero-order valence-electron chi connectivity index (χ0n) is 18.8. The van der Waals surface area contributed by atoms with E-state index in [0.717, 1.165) is 0 Å². The summed E-state index contributed by atoms with van der Waals surface area (Å²) in [7, 11) is 1.52. The van der Waals surface area contributed by atoms with Gasteiger partial charge < -0.3 is 23.9 Å². The van der Waals surface area contributed by atoms with E-state index < -0.39 is 29.3 Å². The van der Waals surface area contributed by atoms with Gasteiger partial charge in [-0.15, -0.1) is 0 Å². The van der Waals surface area contributed by atoms with Gasteiger partial charge in [-0.2, -0.15) is 0 Å². The van der Waals surface area contributed by atoms with Gasteiger partial charge in [0.25, 0.3) is 0 Å². The number of hydrogen-bond acceptors (Lipinski definition) is 7. The number of amides is 1. The van der Waals surface area contributed by atoms with E-state index in [1.807, 2.05) is 6.92 Å². The third kappa shape index (κ3) is 5.38. The predicted molar refractivity (Wildman–Crippen MR) is 120 cm³/mol. The van der Waals surface area contributed by atoms with Gasteiger partial charge in [0.2, 0.25) is 0 Å². The van der Waals surface area contributed by atoms with Crippen molar-refractivity contribution >= 4 is 33.8 Å². The number of alkyl carbamates (subject to hydrolysis) is 1. The van der Waals surface area contributed by atoms with Crippen LogP contribution in [-0.4, -0.2) is 30.8 Å². The highest BCUT2D eigenvalue weighted by Crippen LogP contribution is 2.28. The highest BCUT2D eigenvalue weighted by atomic mass is 16.6. The summed E-state index contributed by atoms with van der Waals surface area (Å²) >= 11 is 0. The molecule has 0 saturated carbocycles. The first kappa shape index (κ1) is 23.1. The molecule has 3 aromatic rings. The SMILES string of the molecule is CCC[C@H](NC(=O)OC(C)(C)C)C(=O)Oc1ccc2c(c1)oc(=O)c1cc(OC)ccc12. The fourth-order valence-electron chi connectivity index (χ4n) is 3.26. The molecule has 0 aliphatic carbocycles. The second kappa shape index (κ2) is 9.30. The number of hydrogen-bond donors (Lipinski definition) is 1. The second-order valence-corrected chi connectivity index (χ2v) is 8.37. The molecule has 0 bridgehead atoms. The van der Waals surface area contributed by atoms with E-state index in [4.69, 9.17) is 18.6 Å². The first-order valence-corrected chi connectivity index (χ1v) is 10.4. The normalized spacial score (nSPS) is 12.4. The molecule has 8 heteroatoms. The third-order valence-electron chi connectivity index (χ3n) is 4.66. The molecule has 1 N–H and O–H groups in total. The van der Waals surface area contributed by atoms with E-state index in [2.05, 4.69) is 5.32 Å². The molecule has 1 amide bonds. The molecule has 1 aromatic heterocycles. The zero-order valence-corrected chi connectivity index (χ0v) is 18.8. The fourth-order valence-corrected chi connectivity index (χ4v) is 3.26. The summed E-state index contributed by atoms with van der Waals surface area (Å²) in [6.45, 7) is 7.11. The molecule has 0 radical (unpaired) electrons. The number of rotatable bonds is 6. The van der Waals surface area contributed by atoms with Crippen LogP contribution in [0.2, 0.25) is 0 Å². The van der Waals surface area contributed by atoms with Crippen molar-refractivity contribution in [1.82, 2.24) is 5.32 Å². The minimum Gasteiger partial charge on any atom is -0.497 e. The van der Waals surface area contributed by atoms with Crippen molar-refractivity contribution in [2.24, 2.45) is 0 Å². The van der Waals surface area contributed by atoms with Gasteiger partial charge in [-0.05, 0) is 57.5 Å². The van der Waals surface area contributed by atoms with Crippen LogP contribution in [0.5, 0.6) is 11.5 Å². The van der Waals surface area contributed by atoms with Gasteiger partial charge >= 0.3 is 17.7 Å². The molecule has 0 unspecified atom stereocenters. The highest BCUT2D eigenvalue weighted by molar-refractivity contribution is 6.05. The lowest BCUT2D eigenvalue weighted by atomic mass is 10.1. The van der Waals surface area contributed by atoms with Crippen LogP contribution in [0.15, 0.2) is 45.6 Å². The van der Waals surface area contributed by atoms with Crippen LogP contribution in [0.3, 0.4) is 0 Å². The van der Waals surface area contributed by atoms with E-state index in [9.17, 15) is 14.4 Å².